The molecule has 0 unspecified atom stereocenters. The number of hydrogen-bond donors (Lipinski definition) is 0. The molecule has 2 amide bonds. The SMILES string of the molecule is CN1CCN(C(=O)c2c(F)ccc([N+](=O)[O-])c2F)CC1=O. The van der Waals surface area contributed by atoms with E-state index in [1.54, 1.807) is 7.05 Å². The van der Waals surface area contributed by atoms with Gasteiger partial charge in [-0.15, -0.1) is 0 Å². The van der Waals surface area contributed by atoms with E-state index in [1.807, 2.05) is 0 Å². The van der Waals surface area contributed by atoms with Crippen molar-refractivity contribution in [3.8, 4) is 0 Å². The molecular formula is C12H11F2N3O4. The maximum Gasteiger partial charge on any atom is 0.305 e. The quantitative estimate of drug-likeness (QED) is 0.597. The van der Waals surface area contributed by atoms with Gasteiger partial charge in [0.25, 0.3) is 5.91 Å². The van der Waals surface area contributed by atoms with Crippen LogP contribution in [-0.4, -0.2) is 53.2 Å². The highest BCUT2D eigenvalue weighted by atomic mass is 19.1. The van der Waals surface area contributed by atoms with Crippen LogP contribution in [0, 0.1) is 21.7 Å². The maximum absolute atomic E-state index is 13.9. The van der Waals surface area contributed by atoms with Crippen molar-refractivity contribution in [2.24, 2.45) is 0 Å². The molecule has 9 heteroatoms. The molecule has 7 nitrogen and oxygen atoms in total. The van der Waals surface area contributed by atoms with Crippen LogP contribution >= 0.6 is 0 Å². The van der Waals surface area contributed by atoms with Crippen molar-refractivity contribution < 1.29 is 23.3 Å². The molecule has 1 aliphatic heterocycles. The Morgan fingerprint density at radius 2 is 2.00 bits per heavy atom. The molecule has 21 heavy (non-hydrogen) atoms. The lowest BCUT2D eigenvalue weighted by molar-refractivity contribution is -0.387. The molecule has 2 rings (SSSR count). The lowest BCUT2D eigenvalue weighted by atomic mass is 10.1. The van der Waals surface area contributed by atoms with E-state index in [-0.39, 0.29) is 25.5 Å². The van der Waals surface area contributed by atoms with Crippen molar-refractivity contribution in [2.75, 3.05) is 26.7 Å². The van der Waals surface area contributed by atoms with Gasteiger partial charge in [-0.3, -0.25) is 19.7 Å². The van der Waals surface area contributed by atoms with Gasteiger partial charge in [-0.25, -0.2) is 4.39 Å². The molecular weight excluding hydrogens is 288 g/mol. The molecule has 0 radical (unpaired) electrons. The first-order chi connectivity index (χ1) is 9.82. The predicted molar refractivity (Wildman–Crippen MR) is 66.6 cm³/mol. The maximum atomic E-state index is 13.9. The summed E-state index contributed by atoms with van der Waals surface area (Å²) in [5.41, 5.74) is -2.00. The minimum Gasteiger partial charge on any atom is -0.342 e. The fraction of sp³-hybridized carbons (Fsp3) is 0.333. The van der Waals surface area contributed by atoms with E-state index in [2.05, 4.69) is 0 Å². The molecule has 1 heterocycles. The van der Waals surface area contributed by atoms with E-state index >= 15 is 0 Å². The fourth-order valence-electron chi connectivity index (χ4n) is 1.97. The van der Waals surface area contributed by atoms with Crippen molar-refractivity contribution in [3.63, 3.8) is 0 Å². The van der Waals surface area contributed by atoms with Gasteiger partial charge in [0, 0.05) is 26.2 Å². The van der Waals surface area contributed by atoms with Gasteiger partial charge < -0.3 is 9.80 Å². The number of amides is 2. The van der Waals surface area contributed by atoms with Gasteiger partial charge in [0.05, 0.1) is 4.92 Å². The molecule has 1 aromatic carbocycles. The minimum atomic E-state index is -1.53. The Morgan fingerprint density at radius 1 is 1.33 bits per heavy atom. The van der Waals surface area contributed by atoms with Crippen molar-refractivity contribution in [3.05, 3.63) is 39.4 Å². The standard InChI is InChI=1S/C12H11F2N3O4/c1-15-4-5-16(6-9(15)18)12(19)10-7(13)2-3-8(11(10)14)17(20)21/h2-3H,4-6H2,1H3. The lowest BCUT2D eigenvalue weighted by Gasteiger charge is -2.32. The highest BCUT2D eigenvalue weighted by Gasteiger charge is 2.32. The molecule has 0 N–H and O–H groups in total. The number of nitro benzene ring substituents is 1. The second kappa shape index (κ2) is 5.43. The summed E-state index contributed by atoms with van der Waals surface area (Å²) in [5, 5.41) is 10.6. The highest BCUT2D eigenvalue weighted by Crippen LogP contribution is 2.24. The Labute approximate surface area is 117 Å². The first-order valence-corrected chi connectivity index (χ1v) is 5.98. The molecule has 0 saturated carbocycles. The molecule has 1 saturated heterocycles. The van der Waals surface area contributed by atoms with Crippen molar-refractivity contribution in [2.45, 2.75) is 0 Å². The lowest BCUT2D eigenvalue weighted by Crippen LogP contribution is -2.51. The third-order valence-electron chi connectivity index (χ3n) is 3.23. The third-order valence-corrected chi connectivity index (χ3v) is 3.23. The Morgan fingerprint density at radius 3 is 2.57 bits per heavy atom. The monoisotopic (exact) mass is 299 g/mol. The number of piperazine rings is 1. The molecule has 0 spiro atoms. The summed E-state index contributed by atoms with van der Waals surface area (Å²) < 4.78 is 27.6. The topological polar surface area (TPSA) is 83.8 Å². The van der Waals surface area contributed by atoms with E-state index in [0.717, 1.165) is 4.90 Å². The zero-order valence-corrected chi connectivity index (χ0v) is 11.0. The normalized spacial score (nSPS) is 15.3. The van der Waals surface area contributed by atoms with Gasteiger partial charge in [0.1, 0.15) is 17.9 Å². The first-order valence-electron chi connectivity index (χ1n) is 5.98. The van der Waals surface area contributed by atoms with Crippen LogP contribution < -0.4 is 0 Å². The van der Waals surface area contributed by atoms with E-state index < -0.39 is 33.7 Å². The average Bonchev–Trinajstić information content (AvgIpc) is 2.41. The Balaban J connectivity index is 2.37. The second-order valence-corrected chi connectivity index (χ2v) is 4.55. The summed E-state index contributed by atoms with van der Waals surface area (Å²) >= 11 is 0. The van der Waals surface area contributed by atoms with Gasteiger partial charge in [0.15, 0.2) is 0 Å². The highest BCUT2D eigenvalue weighted by molar-refractivity contribution is 5.98. The van der Waals surface area contributed by atoms with Crippen LogP contribution in [0.15, 0.2) is 12.1 Å². The summed E-state index contributed by atoms with van der Waals surface area (Å²) in [6.45, 7) is 0.00227. The van der Waals surface area contributed by atoms with E-state index in [9.17, 15) is 28.5 Å². The van der Waals surface area contributed by atoms with Gasteiger partial charge in [0.2, 0.25) is 11.7 Å². The van der Waals surface area contributed by atoms with Gasteiger partial charge >= 0.3 is 5.69 Å². The fourth-order valence-corrected chi connectivity index (χ4v) is 1.97. The molecule has 0 atom stereocenters. The van der Waals surface area contributed by atoms with E-state index in [0.29, 0.717) is 12.1 Å². The smallest absolute Gasteiger partial charge is 0.305 e. The van der Waals surface area contributed by atoms with Crippen molar-refractivity contribution in [1.82, 2.24) is 9.80 Å². The Kier molecular flexibility index (Phi) is 3.83. The molecule has 0 aromatic heterocycles. The minimum absolute atomic E-state index is 0.0998. The third kappa shape index (κ3) is 2.67. The number of nitro groups is 1. The number of rotatable bonds is 2. The number of nitrogens with zero attached hydrogens (tertiary/aromatic N) is 3. The average molecular weight is 299 g/mol. The van der Waals surface area contributed by atoms with Crippen LogP contribution in [0.3, 0.4) is 0 Å². The number of carbonyl (C=O) groups excluding carboxylic acids is 2. The number of halogens is 2. The van der Waals surface area contributed by atoms with Crippen LogP contribution in [0.2, 0.25) is 0 Å². The largest absolute Gasteiger partial charge is 0.342 e. The second-order valence-electron chi connectivity index (χ2n) is 4.55. The zero-order chi connectivity index (χ0) is 15.7. The van der Waals surface area contributed by atoms with Crippen molar-refractivity contribution >= 4 is 17.5 Å². The first kappa shape index (κ1) is 14.8. The van der Waals surface area contributed by atoms with Gasteiger partial charge in [-0.2, -0.15) is 4.39 Å². The van der Waals surface area contributed by atoms with Crippen molar-refractivity contribution in [1.29, 1.82) is 0 Å². The number of carbonyl (C=O) groups is 2. The van der Waals surface area contributed by atoms with E-state index in [4.69, 9.17) is 0 Å². The predicted octanol–water partition coefficient (Wildman–Crippen LogP) is 0.787. The summed E-state index contributed by atoms with van der Waals surface area (Å²) in [6, 6.07) is 1.31. The summed E-state index contributed by atoms with van der Waals surface area (Å²) in [7, 11) is 1.54. The molecule has 1 aliphatic rings. The van der Waals surface area contributed by atoms with Crippen LogP contribution in [-0.2, 0) is 4.79 Å². The summed E-state index contributed by atoms with van der Waals surface area (Å²) in [6.07, 6.45) is 0. The number of hydrogen-bond acceptors (Lipinski definition) is 4. The molecule has 1 fully saturated rings. The van der Waals surface area contributed by atoms with Crippen LogP contribution in [0.4, 0.5) is 14.5 Å². The number of likely N-dealkylation sites (N-methyl/N-ethyl adjacent to an activating group) is 1. The van der Waals surface area contributed by atoms with Crippen LogP contribution in [0.25, 0.3) is 0 Å². The molecule has 112 valence electrons. The molecule has 1 aromatic rings. The molecule has 0 bridgehead atoms. The van der Waals surface area contributed by atoms with Gasteiger partial charge in [-0.1, -0.05) is 0 Å². The number of benzene rings is 1. The van der Waals surface area contributed by atoms with Gasteiger partial charge in [-0.05, 0) is 6.07 Å². The molecule has 0 aliphatic carbocycles. The zero-order valence-electron chi connectivity index (χ0n) is 11.0. The van der Waals surface area contributed by atoms with Crippen LogP contribution in [0.1, 0.15) is 10.4 Å². The summed E-state index contributed by atoms with van der Waals surface area (Å²) in [4.78, 5) is 35.6. The van der Waals surface area contributed by atoms with Crippen LogP contribution in [0.5, 0.6) is 0 Å². The Bertz CT molecular complexity index is 635. The summed E-state index contributed by atoms with van der Waals surface area (Å²) in [5.74, 6) is -4.18. The van der Waals surface area contributed by atoms with E-state index in [1.165, 1.54) is 4.90 Å². The Hall–Kier alpha value is -2.58.